The van der Waals surface area contributed by atoms with E-state index in [9.17, 15) is 49.0 Å². The van der Waals surface area contributed by atoms with Crippen LogP contribution in [0.1, 0.15) is 79.5 Å². The first-order chi connectivity index (χ1) is 31.8. The quantitative estimate of drug-likeness (QED) is 0.0523. The highest BCUT2D eigenvalue weighted by molar-refractivity contribution is 6.10. The Hall–Kier alpha value is -8.37. The molecule has 5 aromatic rings. The molecule has 0 bridgehead atoms. The van der Waals surface area contributed by atoms with Gasteiger partial charge >= 0.3 is 5.97 Å². The van der Waals surface area contributed by atoms with Crippen LogP contribution < -0.4 is 47.0 Å². The number of methoxy groups -OCH3 is 1. The summed E-state index contributed by atoms with van der Waals surface area (Å²) in [6.45, 7) is 6.76. The molecule has 5 aromatic carbocycles. The van der Waals surface area contributed by atoms with Crippen molar-refractivity contribution in [1.29, 1.82) is 0 Å². The Morgan fingerprint density at radius 1 is 0.627 bits per heavy atom. The van der Waals surface area contributed by atoms with E-state index in [1.165, 1.54) is 103 Å². The summed E-state index contributed by atoms with van der Waals surface area (Å²) in [6, 6.07) is 21.0. The smallest absolute Gasteiger partial charge is 0.335 e. The third-order valence-corrected chi connectivity index (χ3v) is 9.44. The molecule has 0 aliphatic rings. The first-order valence-corrected chi connectivity index (χ1v) is 20.2. The van der Waals surface area contributed by atoms with Crippen molar-refractivity contribution in [1.82, 2.24) is 5.32 Å². The minimum atomic E-state index is -1.66. The maximum absolute atomic E-state index is 13.6. The van der Waals surface area contributed by atoms with Gasteiger partial charge in [-0.05, 0) is 119 Å². The van der Waals surface area contributed by atoms with E-state index in [-0.39, 0.29) is 68.2 Å². The van der Waals surface area contributed by atoms with E-state index in [0.29, 0.717) is 5.69 Å². The van der Waals surface area contributed by atoms with E-state index in [1.807, 2.05) is 0 Å². The van der Waals surface area contributed by atoms with Crippen molar-refractivity contribution in [3.05, 3.63) is 136 Å². The van der Waals surface area contributed by atoms with Crippen molar-refractivity contribution in [2.75, 3.05) is 28.4 Å². The van der Waals surface area contributed by atoms with E-state index >= 15 is 0 Å². The van der Waals surface area contributed by atoms with Crippen LogP contribution in [0.5, 0.6) is 17.2 Å². The van der Waals surface area contributed by atoms with E-state index in [0.717, 1.165) is 7.11 Å². The molecule has 0 aliphatic carbocycles. The van der Waals surface area contributed by atoms with Gasteiger partial charge in [0.05, 0.1) is 34.7 Å². The SMILES string of the molecule is CO[C@H](C(N)=O)[C@H](NC(=O)c1ccc(NC(=O)c2ccc([NH+]([O-])O)cc2)cc1)C(=O)Nc1ccc(C(=O)Nc2ccc(C(=O)Nc3ccc(C(=O)O)cc3OC(C)C)c(O)c2OC(C)C)cc1. The number of aromatic carboxylic acids is 1. The van der Waals surface area contributed by atoms with Crippen LogP contribution in [-0.2, 0) is 14.3 Å². The molecule has 0 fully saturated rings. The predicted octanol–water partition coefficient (Wildman–Crippen LogP) is 4.06. The van der Waals surface area contributed by atoms with Crippen LogP contribution in [0.2, 0.25) is 0 Å². The molecule has 0 saturated carbocycles. The molecule has 0 spiro atoms. The summed E-state index contributed by atoms with van der Waals surface area (Å²) in [7, 11) is 1.12. The molecule has 3 atom stereocenters. The average molecular weight is 922 g/mol. The number of amides is 6. The minimum absolute atomic E-state index is 0.000363. The van der Waals surface area contributed by atoms with Crippen LogP contribution in [0.4, 0.5) is 28.4 Å². The van der Waals surface area contributed by atoms with Gasteiger partial charge in [0.1, 0.15) is 11.8 Å². The minimum Gasteiger partial charge on any atom is -0.595 e. The summed E-state index contributed by atoms with van der Waals surface area (Å²) in [4.78, 5) is 90.3. The molecule has 1 unspecified atom stereocenters. The fraction of sp³-hybridized carbons (Fsp3) is 0.196. The topological polar surface area (TPSA) is 322 Å². The van der Waals surface area contributed by atoms with Crippen LogP contribution in [0.15, 0.2) is 103 Å². The van der Waals surface area contributed by atoms with Crippen molar-refractivity contribution in [2.45, 2.75) is 52.0 Å². The number of primary amides is 1. The molecule has 0 aliphatic heterocycles. The normalized spacial score (nSPS) is 12.3. The maximum Gasteiger partial charge on any atom is 0.335 e. The maximum atomic E-state index is 13.6. The molecular formula is C46H47N7O14. The molecule has 21 nitrogen and oxygen atoms in total. The van der Waals surface area contributed by atoms with Gasteiger partial charge in [-0.25, -0.2) is 10.0 Å². The molecule has 6 amide bonds. The van der Waals surface area contributed by atoms with Gasteiger partial charge in [-0.3, -0.25) is 28.8 Å². The van der Waals surface area contributed by atoms with Gasteiger partial charge in [0, 0.05) is 47.3 Å². The Bertz CT molecular complexity index is 2650. The number of nitrogens with two attached hydrogens (primary N) is 1. The number of phenols is 1. The van der Waals surface area contributed by atoms with Crippen molar-refractivity contribution in [3.8, 4) is 17.2 Å². The number of nitrogens with one attached hydrogen (secondary N) is 6. The summed E-state index contributed by atoms with van der Waals surface area (Å²) >= 11 is 0. The van der Waals surface area contributed by atoms with Gasteiger partial charge in [0.15, 0.2) is 23.3 Å². The number of carbonyl (C=O) groups excluding carboxylic acids is 6. The van der Waals surface area contributed by atoms with Crippen molar-refractivity contribution in [2.24, 2.45) is 5.73 Å². The Balaban J connectivity index is 1.27. The van der Waals surface area contributed by atoms with E-state index in [2.05, 4.69) is 26.6 Å². The molecule has 67 heavy (non-hydrogen) atoms. The van der Waals surface area contributed by atoms with Crippen molar-refractivity contribution < 1.29 is 68.4 Å². The fourth-order valence-corrected chi connectivity index (χ4v) is 6.22. The van der Waals surface area contributed by atoms with Gasteiger partial charge in [-0.1, -0.05) is 0 Å². The molecule has 21 heteroatoms. The largest absolute Gasteiger partial charge is 0.595 e. The lowest BCUT2D eigenvalue weighted by Crippen LogP contribution is -2.99. The number of quaternary nitrogens is 1. The Kier molecular flexibility index (Phi) is 16.3. The Morgan fingerprint density at radius 3 is 1.64 bits per heavy atom. The predicted molar refractivity (Wildman–Crippen MR) is 242 cm³/mol. The lowest BCUT2D eigenvalue weighted by Gasteiger charge is -2.24. The Labute approximate surface area is 382 Å². The second-order valence-corrected chi connectivity index (χ2v) is 15.1. The highest BCUT2D eigenvalue weighted by Crippen LogP contribution is 2.39. The molecule has 0 heterocycles. The van der Waals surface area contributed by atoms with Crippen molar-refractivity contribution in [3.63, 3.8) is 0 Å². The second-order valence-electron chi connectivity index (χ2n) is 15.1. The number of anilines is 4. The second kappa shape index (κ2) is 22.0. The van der Waals surface area contributed by atoms with Crippen molar-refractivity contribution >= 4 is 69.8 Å². The number of rotatable bonds is 19. The van der Waals surface area contributed by atoms with Crippen LogP contribution in [0.25, 0.3) is 0 Å². The van der Waals surface area contributed by atoms with E-state index < -0.39 is 70.6 Å². The highest BCUT2D eigenvalue weighted by Gasteiger charge is 2.35. The first-order valence-electron chi connectivity index (χ1n) is 20.2. The summed E-state index contributed by atoms with van der Waals surface area (Å²) in [5, 5.41) is 52.6. The number of hydrogen-bond donors (Lipinski definition) is 10. The number of phenolic OH excluding ortho intramolecular Hbond substituents is 1. The van der Waals surface area contributed by atoms with Gasteiger partial charge in [0.2, 0.25) is 11.8 Å². The average Bonchev–Trinajstić information content (AvgIpc) is 3.28. The van der Waals surface area contributed by atoms with Crippen LogP contribution in [0, 0.1) is 5.21 Å². The van der Waals surface area contributed by atoms with Crippen LogP contribution >= 0.6 is 0 Å². The zero-order chi connectivity index (χ0) is 49.1. The summed E-state index contributed by atoms with van der Waals surface area (Å²) in [5.74, 6) is -6.75. The van der Waals surface area contributed by atoms with Crippen LogP contribution in [-0.4, -0.2) is 88.3 Å². The van der Waals surface area contributed by atoms with Gasteiger partial charge in [-0.2, -0.15) is 5.23 Å². The first kappa shape index (κ1) is 49.6. The number of carboxylic acid groups (broad SMARTS) is 1. The van der Waals surface area contributed by atoms with Gasteiger partial charge in [0.25, 0.3) is 23.6 Å². The molecule has 350 valence electrons. The standard InChI is InChI=1S/C46H47N7O14/c1-23(2)66-35-22-28(46(61)62)12-20-33(35)50-44(59)32-19-21-34(38(37(32)54)67-24(3)4)51-42(57)25-6-15-30(16-7-25)49-45(60)36(39(65-5)40(47)55)52-43(58)26-8-13-29(14-9-26)48-41(56)27-10-17-31(18-11-27)53(63)64/h6-24,36,39,53-54,63H,1-5H3,(H2,47,55)(H,48,56)(H,49,60)(H,50,59)(H,51,57)(H,52,58)(H,61,62)/t36-,39-/m0/s1. The molecule has 5 rings (SSSR count). The summed E-state index contributed by atoms with van der Waals surface area (Å²) < 4.78 is 16.7. The number of carboxylic acids is 1. The molecule has 0 saturated heterocycles. The third-order valence-electron chi connectivity index (χ3n) is 9.44. The van der Waals surface area contributed by atoms with E-state index in [4.69, 9.17) is 25.2 Å². The number of benzene rings is 5. The number of carbonyl (C=O) groups is 7. The molecule has 11 N–H and O–H groups in total. The summed E-state index contributed by atoms with van der Waals surface area (Å²) in [6.07, 6.45) is -2.53. The lowest BCUT2D eigenvalue weighted by molar-refractivity contribution is -0.991. The van der Waals surface area contributed by atoms with Gasteiger partial charge in [-0.15, -0.1) is 0 Å². The fourth-order valence-electron chi connectivity index (χ4n) is 6.22. The number of hydrogen-bond acceptors (Lipinski definition) is 13. The third kappa shape index (κ3) is 12.9. The molecule has 0 radical (unpaired) electrons. The Morgan fingerprint density at radius 2 is 1.12 bits per heavy atom. The zero-order valence-electron chi connectivity index (χ0n) is 36.5. The van der Waals surface area contributed by atoms with Gasteiger partial charge < -0.3 is 61.9 Å². The van der Waals surface area contributed by atoms with Crippen LogP contribution in [0.3, 0.4) is 0 Å². The van der Waals surface area contributed by atoms with E-state index in [1.54, 1.807) is 27.7 Å². The number of aromatic hydroxyl groups is 1. The monoisotopic (exact) mass is 921 g/mol. The molecule has 0 aromatic heterocycles. The lowest BCUT2D eigenvalue weighted by atomic mass is 10.1. The summed E-state index contributed by atoms with van der Waals surface area (Å²) in [5.41, 5.74) is 6.05. The number of ether oxygens (including phenoxy) is 3. The highest BCUT2D eigenvalue weighted by atomic mass is 16.8. The molecular weight excluding hydrogens is 875 g/mol. The zero-order valence-corrected chi connectivity index (χ0v) is 36.5.